The Morgan fingerprint density at radius 2 is 1.68 bits per heavy atom. The number of carbonyl (C=O) groups is 2. The fraction of sp³-hybridized carbons (Fsp3) is 0.258. The molecule has 5 rings (SSSR count). The number of aromatic hydroxyl groups is 1. The maximum Gasteiger partial charge on any atom is 0.315 e. The van der Waals surface area contributed by atoms with Crippen molar-refractivity contribution in [2.75, 3.05) is 7.11 Å². The fourth-order valence-corrected chi connectivity index (χ4v) is 5.39. The molecule has 0 fully saturated rings. The minimum Gasteiger partial charge on any atom is -0.504 e. The third kappa shape index (κ3) is 4.92. The van der Waals surface area contributed by atoms with Gasteiger partial charge in [-0.2, -0.15) is 0 Å². The molecule has 1 heterocycles. The van der Waals surface area contributed by atoms with Crippen LogP contribution in [0.15, 0.2) is 95.1 Å². The summed E-state index contributed by atoms with van der Waals surface area (Å²) in [5.74, 6) is -1.52. The minimum absolute atomic E-state index is 0.0102. The summed E-state index contributed by atoms with van der Waals surface area (Å²) in [5, 5.41) is 10.2. The largest absolute Gasteiger partial charge is 0.504 e. The smallest absolute Gasteiger partial charge is 0.315 e. The summed E-state index contributed by atoms with van der Waals surface area (Å²) in [4.78, 5) is 32.1. The fourth-order valence-electron chi connectivity index (χ4n) is 5.39. The lowest BCUT2D eigenvalue weighted by atomic mass is 9.69. The predicted molar refractivity (Wildman–Crippen MR) is 141 cm³/mol. The summed E-state index contributed by atoms with van der Waals surface area (Å²) in [6.45, 7) is 1.95. The Hall–Kier alpha value is -4.19. The molecule has 3 atom stereocenters. The number of hydrogen-bond donors (Lipinski definition) is 1. The number of ether oxygens (including phenoxy) is 2. The molecular weight excluding hydrogens is 466 g/mol. The van der Waals surface area contributed by atoms with Crippen LogP contribution in [0, 0.1) is 5.92 Å². The Bertz CT molecular complexity index is 1380. The van der Waals surface area contributed by atoms with E-state index >= 15 is 0 Å². The first-order chi connectivity index (χ1) is 18.0. The maximum atomic E-state index is 13.7. The van der Waals surface area contributed by atoms with Gasteiger partial charge in [-0.05, 0) is 48.1 Å². The number of allylic oxidation sites excluding steroid dienone is 2. The third-order valence-corrected chi connectivity index (χ3v) is 7.20. The number of rotatable bonds is 6. The van der Waals surface area contributed by atoms with Gasteiger partial charge in [-0.1, -0.05) is 66.7 Å². The summed E-state index contributed by atoms with van der Waals surface area (Å²) in [6, 6.07) is 24.4. The lowest BCUT2D eigenvalue weighted by Crippen LogP contribution is -2.38. The average molecular weight is 496 g/mol. The van der Waals surface area contributed by atoms with Gasteiger partial charge in [0.15, 0.2) is 17.3 Å². The number of hydrogen-bond acceptors (Lipinski definition) is 6. The molecule has 0 saturated heterocycles. The normalized spacial score (nSPS) is 21.2. The standard InChI is InChI=1S/C31H29NO5/c1-19-28(31(35)37-18-20-9-5-3-6-10-20)29(22-13-14-25(33)27(17-22)36-2)30-24(32-19)15-23(16-26(30)34)21-11-7-4-8-12-21/h3-14,17,23,28-29,33H,15-16,18H2,1-2H3/t23-,28?,29+/m0/s1. The molecule has 6 heteroatoms. The Morgan fingerprint density at radius 3 is 2.38 bits per heavy atom. The van der Waals surface area contributed by atoms with Crippen LogP contribution < -0.4 is 4.74 Å². The van der Waals surface area contributed by atoms with E-state index in [0.717, 1.165) is 11.1 Å². The van der Waals surface area contributed by atoms with Crippen LogP contribution in [0.4, 0.5) is 0 Å². The Balaban J connectivity index is 1.54. The number of benzene rings is 3. The lowest BCUT2D eigenvalue weighted by Gasteiger charge is -2.36. The Kier molecular flexibility index (Phi) is 6.91. The first-order valence-corrected chi connectivity index (χ1v) is 12.4. The van der Waals surface area contributed by atoms with E-state index in [1.807, 2.05) is 67.6 Å². The van der Waals surface area contributed by atoms with Crippen molar-refractivity contribution in [3.63, 3.8) is 0 Å². The van der Waals surface area contributed by atoms with Crippen molar-refractivity contribution >= 4 is 17.5 Å². The molecule has 2 aliphatic rings. The SMILES string of the molecule is COc1cc([C@H]2C3=C(C[C@H](c4ccccc4)CC3=O)N=C(C)C2C(=O)OCc2ccccc2)ccc1O. The molecular formula is C31H29NO5. The van der Waals surface area contributed by atoms with Gasteiger partial charge in [-0.25, -0.2) is 0 Å². The highest BCUT2D eigenvalue weighted by molar-refractivity contribution is 6.09. The Labute approximate surface area is 216 Å². The number of phenols is 1. The summed E-state index contributed by atoms with van der Waals surface area (Å²) in [6.07, 6.45) is 0.953. The van der Waals surface area contributed by atoms with E-state index in [2.05, 4.69) is 0 Å². The second-order valence-electron chi connectivity index (χ2n) is 9.53. The predicted octanol–water partition coefficient (Wildman–Crippen LogP) is 5.72. The zero-order valence-electron chi connectivity index (χ0n) is 20.9. The maximum absolute atomic E-state index is 13.7. The highest BCUT2D eigenvalue weighted by atomic mass is 16.5. The molecule has 0 aromatic heterocycles. The zero-order chi connectivity index (χ0) is 25.9. The number of Topliss-reactive ketones (excluding diaryl/α,β-unsaturated/α-hetero) is 1. The van der Waals surface area contributed by atoms with Gasteiger partial charge in [0, 0.05) is 29.3 Å². The molecule has 0 bridgehead atoms. The van der Waals surface area contributed by atoms with E-state index in [9.17, 15) is 14.7 Å². The van der Waals surface area contributed by atoms with Gasteiger partial charge in [0.2, 0.25) is 0 Å². The molecule has 1 unspecified atom stereocenters. The number of aliphatic imine (C=N–C) groups is 1. The van der Waals surface area contributed by atoms with E-state index in [-0.39, 0.29) is 29.8 Å². The molecule has 0 saturated carbocycles. The first-order valence-electron chi connectivity index (χ1n) is 12.4. The highest BCUT2D eigenvalue weighted by Crippen LogP contribution is 2.47. The molecule has 37 heavy (non-hydrogen) atoms. The minimum atomic E-state index is -0.770. The number of methoxy groups -OCH3 is 1. The third-order valence-electron chi connectivity index (χ3n) is 7.20. The molecule has 1 N–H and O–H groups in total. The van der Waals surface area contributed by atoms with Gasteiger partial charge < -0.3 is 14.6 Å². The number of nitrogens with zero attached hydrogens (tertiary/aromatic N) is 1. The van der Waals surface area contributed by atoms with Gasteiger partial charge in [0.25, 0.3) is 0 Å². The summed E-state index contributed by atoms with van der Waals surface area (Å²) >= 11 is 0. The molecule has 0 spiro atoms. The van der Waals surface area contributed by atoms with Crippen LogP contribution in [0.1, 0.15) is 48.3 Å². The van der Waals surface area contributed by atoms with Crippen LogP contribution in [0.5, 0.6) is 11.5 Å². The van der Waals surface area contributed by atoms with E-state index in [0.29, 0.717) is 35.4 Å². The molecule has 1 aliphatic carbocycles. The highest BCUT2D eigenvalue weighted by Gasteiger charge is 2.45. The van der Waals surface area contributed by atoms with Crippen molar-refractivity contribution < 1.29 is 24.2 Å². The summed E-state index contributed by atoms with van der Waals surface area (Å²) in [5.41, 5.74) is 4.55. The monoisotopic (exact) mass is 495 g/mol. The van der Waals surface area contributed by atoms with E-state index in [4.69, 9.17) is 14.5 Å². The van der Waals surface area contributed by atoms with Gasteiger partial charge in [-0.3, -0.25) is 14.6 Å². The van der Waals surface area contributed by atoms with Crippen LogP contribution in [0.2, 0.25) is 0 Å². The van der Waals surface area contributed by atoms with Crippen LogP contribution in [0.3, 0.4) is 0 Å². The van der Waals surface area contributed by atoms with Crippen molar-refractivity contribution in [2.24, 2.45) is 10.9 Å². The molecule has 3 aromatic rings. The van der Waals surface area contributed by atoms with Crippen LogP contribution in [0.25, 0.3) is 0 Å². The zero-order valence-corrected chi connectivity index (χ0v) is 20.9. The second kappa shape index (κ2) is 10.4. The van der Waals surface area contributed by atoms with E-state index in [1.165, 1.54) is 13.2 Å². The van der Waals surface area contributed by atoms with Crippen molar-refractivity contribution in [1.82, 2.24) is 0 Å². The van der Waals surface area contributed by atoms with Gasteiger partial charge in [0.1, 0.15) is 12.5 Å². The molecule has 188 valence electrons. The Morgan fingerprint density at radius 1 is 0.973 bits per heavy atom. The number of carbonyl (C=O) groups excluding carboxylic acids is 2. The first kappa shape index (κ1) is 24.5. The van der Waals surface area contributed by atoms with E-state index in [1.54, 1.807) is 12.1 Å². The van der Waals surface area contributed by atoms with Gasteiger partial charge in [0.05, 0.1) is 7.11 Å². The second-order valence-corrected chi connectivity index (χ2v) is 9.53. The topological polar surface area (TPSA) is 85.2 Å². The molecule has 0 radical (unpaired) electrons. The average Bonchev–Trinajstić information content (AvgIpc) is 2.92. The molecule has 0 amide bonds. The molecule has 6 nitrogen and oxygen atoms in total. The van der Waals surface area contributed by atoms with Crippen LogP contribution in [-0.4, -0.2) is 29.7 Å². The molecule has 3 aromatic carbocycles. The quantitative estimate of drug-likeness (QED) is 0.442. The van der Waals surface area contributed by atoms with Crippen molar-refractivity contribution in [1.29, 1.82) is 0 Å². The summed E-state index contributed by atoms with van der Waals surface area (Å²) in [7, 11) is 1.47. The van der Waals surface area contributed by atoms with Crippen LogP contribution >= 0.6 is 0 Å². The van der Waals surface area contributed by atoms with Crippen molar-refractivity contribution in [2.45, 2.75) is 38.2 Å². The molecule has 1 aliphatic heterocycles. The number of phenolic OH excluding ortho intramolecular Hbond substituents is 1. The van der Waals surface area contributed by atoms with Crippen molar-refractivity contribution in [3.05, 3.63) is 107 Å². The lowest BCUT2D eigenvalue weighted by molar-refractivity contribution is -0.148. The van der Waals surface area contributed by atoms with Gasteiger partial charge >= 0.3 is 5.97 Å². The number of esters is 1. The van der Waals surface area contributed by atoms with Gasteiger partial charge in [-0.15, -0.1) is 0 Å². The van der Waals surface area contributed by atoms with E-state index < -0.39 is 17.8 Å². The number of ketones is 1. The van der Waals surface area contributed by atoms with Crippen LogP contribution in [-0.2, 0) is 20.9 Å². The van der Waals surface area contributed by atoms with Crippen molar-refractivity contribution in [3.8, 4) is 11.5 Å². The summed E-state index contributed by atoms with van der Waals surface area (Å²) < 4.78 is 11.1.